The minimum Gasteiger partial charge on any atom is -0.373 e. The average Bonchev–Trinajstić information content (AvgIpc) is 3.05. The summed E-state index contributed by atoms with van der Waals surface area (Å²) >= 11 is 0. The number of epoxide rings is 1. The van der Waals surface area contributed by atoms with E-state index in [1.807, 2.05) is 0 Å². The molecule has 3 aliphatic rings. The number of rotatable bonds is 4. The van der Waals surface area contributed by atoms with E-state index < -0.39 is 8.07 Å². The van der Waals surface area contributed by atoms with Crippen LogP contribution < -0.4 is 0 Å². The van der Waals surface area contributed by atoms with E-state index in [9.17, 15) is 4.79 Å². The number of hydrogen-bond acceptors (Lipinski definition) is 2. The summed E-state index contributed by atoms with van der Waals surface area (Å²) in [6.45, 7) is 12.8. The zero-order valence-electron chi connectivity index (χ0n) is 13.8. The molecule has 2 nitrogen and oxygen atoms in total. The Morgan fingerprint density at radius 3 is 2.45 bits per heavy atom. The number of carbonyl (C=O) groups excluding carboxylic acids is 1. The number of hydrogen-bond donors (Lipinski definition) is 0. The third kappa shape index (κ3) is 1.96. The minimum absolute atomic E-state index is 0.226. The van der Waals surface area contributed by atoms with E-state index in [1.54, 1.807) is 0 Å². The van der Waals surface area contributed by atoms with Gasteiger partial charge in [0.1, 0.15) is 5.78 Å². The van der Waals surface area contributed by atoms with Crippen molar-refractivity contribution in [1.82, 2.24) is 0 Å². The van der Waals surface area contributed by atoms with Gasteiger partial charge in [-0.05, 0) is 42.9 Å². The Morgan fingerprint density at radius 2 is 1.90 bits per heavy atom. The topological polar surface area (TPSA) is 29.6 Å². The van der Waals surface area contributed by atoms with Gasteiger partial charge in [0.2, 0.25) is 0 Å². The van der Waals surface area contributed by atoms with Crippen molar-refractivity contribution in [3.63, 3.8) is 0 Å². The molecule has 20 heavy (non-hydrogen) atoms. The smallest absolute Gasteiger partial charge is 0.136 e. The summed E-state index contributed by atoms with van der Waals surface area (Å²) in [4.78, 5) is 12.3. The van der Waals surface area contributed by atoms with Gasteiger partial charge < -0.3 is 4.74 Å². The Morgan fingerprint density at radius 1 is 1.25 bits per heavy atom. The van der Waals surface area contributed by atoms with E-state index in [4.69, 9.17) is 4.74 Å². The summed E-state index contributed by atoms with van der Waals surface area (Å²) < 4.78 is 5.93. The fraction of sp³-hybridized carbons (Fsp3) is 0.941. The molecule has 0 radical (unpaired) electrons. The van der Waals surface area contributed by atoms with Crippen molar-refractivity contribution < 1.29 is 9.53 Å². The van der Waals surface area contributed by atoms with Crippen LogP contribution in [-0.2, 0) is 9.53 Å². The highest BCUT2D eigenvalue weighted by Crippen LogP contribution is 2.61. The monoisotopic (exact) mass is 294 g/mol. The van der Waals surface area contributed by atoms with Crippen LogP contribution in [0.25, 0.3) is 0 Å². The molecule has 3 fully saturated rings. The number of fused-ring (bicyclic) bond motifs is 1. The van der Waals surface area contributed by atoms with E-state index in [0.29, 0.717) is 17.1 Å². The van der Waals surface area contributed by atoms with Crippen molar-refractivity contribution >= 4 is 13.9 Å². The first-order valence-corrected chi connectivity index (χ1v) is 11.9. The van der Waals surface area contributed by atoms with Crippen molar-refractivity contribution in [2.45, 2.75) is 70.8 Å². The molecule has 0 amide bonds. The summed E-state index contributed by atoms with van der Waals surface area (Å²) in [6.07, 6.45) is 5.86. The molecule has 114 valence electrons. The van der Waals surface area contributed by atoms with E-state index in [-0.39, 0.29) is 11.1 Å². The van der Waals surface area contributed by atoms with Gasteiger partial charge in [0.25, 0.3) is 0 Å². The van der Waals surface area contributed by atoms with Crippen LogP contribution in [0.4, 0.5) is 0 Å². The van der Waals surface area contributed by atoms with E-state index >= 15 is 0 Å². The van der Waals surface area contributed by atoms with Gasteiger partial charge in [0.15, 0.2) is 0 Å². The molecule has 3 rings (SSSR count). The molecule has 0 spiro atoms. The molecule has 0 bridgehead atoms. The fourth-order valence-corrected chi connectivity index (χ4v) is 6.92. The first-order chi connectivity index (χ1) is 9.22. The molecule has 0 aromatic carbocycles. The zero-order chi connectivity index (χ0) is 14.8. The third-order valence-electron chi connectivity index (χ3n) is 7.11. The molecule has 0 aromatic heterocycles. The molecule has 1 heterocycles. The lowest BCUT2D eigenvalue weighted by molar-refractivity contribution is -0.122. The highest BCUT2D eigenvalue weighted by atomic mass is 28.3. The molecule has 2 aliphatic carbocycles. The Balaban J connectivity index is 1.77. The van der Waals surface area contributed by atoms with Gasteiger partial charge in [-0.2, -0.15) is 0 Å². The second kappa shape index (κ2) is 4.42. The second-order valence-electron chi connectivity index (χ2n) is 8.78. The number of carbonyl (C=O) groups is 1. The Kier molecular flexibility index (Phi) is 3.27. The maximum absolute atomic E-state index is 12.3. The quantitative estimate of drug-likeness (QED) is 0.578. The largest absolute Gasteiger partial charge is 0.373 e. The Bertz CT molecular complexity index is 421. The van der Waals surface area contributed by atoms with Crippen LogP contribution in [-0.4, -0.2) is 25.7 Å². The maximum atomic E-state index is 12.3. The van der Waals surface area contributed by atoms with Crippen molar-refractivity contribution in [3.8, 4) is 0 Å². The molecule has 5 atom stereocenters. The molecular weight excluding hydrogens is 264 g/mol. The highest BCUT2D eigenvalue weighted by Gasteiger charge is 2.60. The number of ether oxygens (including phenoxy) is 1. The van der Waals surface area contributed by atoms with Crippen LogP contribution in [0.1, 0.15) is 46.0 Å². The number of ketones is 1. The molecular formula is C17H30O2Si. The van der Waals surface area contributed by atoms with Crippen LogP contribution in [0, 0.1) is 23.2 Å². The first-order valence-electron chi connectivity index (χ1n) is 8.39. The second-order valence-corrected chi connectivity index (χ2v) is 14.2. The van der Waals surface area contributed by atoms with Crippen molar-refractivity contribution in [3.05, 3.63) is 0 Å². The summed E-state index contributed by atoms with van der Waals surface area (Å²) in [6, 6.07) is 0. The van der Waals surface area contributed by atoms with Crippen LogP contribution in [0.3, 0.4) is 0 Å². The van der Waals surface area contributed by atoms with Crippen molar-refractivity contribution in [1.29, 1.82) is 0 Å². The SMILES string of the molecule is C[C@@H]1CC[C@]2(CC[C@]3([Si](C)(C)C)CO3)[C@H](C)C(=O)C[C@H]12. The van der Waals surface area contributed by atoms with Crippen molar-refractivity contribution in [2.24, 2.45) is 23.2 Å². The summed E-state index contributed by atoms with van der Waals surface area (Å²) in [5.74, 6) is 2.21. The third-order valence-corrected chi connectivity index (χ3v) is 10.4. The van der Waals surface area contributed by atoms with Crippen molar-refractivity contribution in [2.75, 3.05) is 6.61 Å². The lowest BCUT2D eigenvalue weighted by atomic mass is 9.70. The molecule has 3 heteroatoms. The van der Waals surface area contributed by atoms with Gasteiger partial charge in [0.05, 0.1) is 19.9 Å². The summed E-state index contributed by atoms with van der Waals surface area (Å²) in [7, 11) is -1.26. The normalized spacial score (nSPS) is 47.6. The van der Waals surface area contributed by atoms with Gasteiger partial charge >= 0.3 is 0 Å². The van der Waals surface area contributed by atoms with Crippen LogP contribution >= 0.6 is 0 Å². The van der Waals surface area contributed by atoms with Gasteiger partial charge in [-0.1, -0.05) is 33.5 Å². The van der Waals surface area contributed by atoms with Crippen LogP contribution in [0.5, 0.6) is 0 Å². The molecule has 0 aromatic rings. The molecule has 2 saturated carbocycles. The fourth-order valence-electron chi connectivity index (χ4n) is 5.11. The lowest BCUT2D eigenvalue weighted by Gasteiger charge is -2.37. The standard InChI is InChI=1S/C17H30O2Si/c1-12-6-7-16(13(2)15(18)10-14(12)16)8-9-17(11-19-17)20(3,4)5/h12-14H,6-11H2,1-5H3/t12-,13-,14-,16+,17+/m1/s1. The first kappa shape index (κ1) is 14.8. The Hall–Kier alpha value is -0.153. The summed E-state index contributed by atoms with van der Waals surface area (Å²) in [5, 5.41) is 0.226. The van der Waals surface area contributed by atoms with Crippen LogP contribution in [0.15, 0.2) is 0 Å². The molecule has 1 saturated heterocycles. The van der Waals surface area contributed by atoms with E-state index in [0.717, 1.165) is 18.9 Å². The number of Topliss-reactive ketones (excluding diaryl/α,β-unsaturated/α-hetero) is 1. The predicted octanol–water partition coefficient (Wildman–Crippen LogP) is 4.05. The predicted molar refractivity (Wildman–Crippen MR) is 84.4 cm³/mol. The van der Waals surface area contributed by atoms with Gasteiger partial charge in [-0.15, -0.1) is 0 Å². The molecule has 1 aliphatic heterocycles. The molecule has 0 N–H and O–H groups in total. The Labute approximate surface area is 124 Å². The average molecular weight is 295 g/mol. The highest BCUT2D eigenvalue weighted by molar-refractivity contribution is 6.79. The van der Waals surface area contributed by atoms with Gasteiger partial charge in [-0.3, -0.25) is 4.79 Å². The molecule has 0 unspecified atom stereocenters. The van der Waals surface area contributed by atoms with Gasteiger partial charge in [0, 0.05) is 12.3 Å². The lowest BCUT2D eigenvalue weighted by Crippen LogP contribution is -2.43. The summed E-state index contributed by atoms with van der Waals surface area (Å²) in [5.41, 5.74) is 0.315. The maximum Gasteiger partial charge on any atom is 0.136 e. The zero-order valence-corrected chi connectivity index (χ0v) is 14.8. The van der Waals surface area contributed by atoms with Crippen LogP contribution in [0.2, 0.25) is 19.6 Å². The van der Waals surface area contributed by atoms with E-state index in [1.165, 1.54) is 25.7 Å². The van der Waals surface area contributed by atoms with E-state index in [2.05, 4.69) is 33.5 Å². The van der Waals surface area contributed by atoms with Gasteiger partial charge in [-0.25, -0.2) is 0 Å². The minimum atomic E-state index is -1.26.